The molecule has 0 saturated carbocycles. The van der Waals surface area contributed by atoms with E-state index in [9.17, 15) is 23.3 Å². The van der Waals surface area contributed by atoms with Gasteiger partial charge in [-0.3, -0.25) is 14.9 Å². The normalized spacial score (nSPS) is 16.7. The summed E-state index contributed by atoms with van der Waals surface area (Å²) in [7, 11) is -3.87. The first-order chi connectivity index (χ1) is 15.7. The average Bonchev–Trinajstić information content (AvgIpc) is 2.79. The Morgan fingerprint density at radius 2 is 1.94 bits per heavy atom. The van der Waals surface area contributed by atoms with E-state index in [-0.39, 0.29) is 29.8 Å². The number of rotatable bonds is 9. The molecule has 0 saturated heterocycles. The molecule has 9 nitrogen and oxygen atoms in total. The maximum Gasteiger partial charge on any atom is 0.312 e. The Kier molecular flexibility index (Phi) is 7.70. The quantitative estimate of drug-likeness (QED) is 0.437. The van der Waals surface area contributed by atoms with Crippen LogP contribution in [0.25, 0.3) is 0 Å². The van der Waals surface area contributed by atoms with Crippen LogP contribution >= 0.6 is 0 Å². The molecule has 1 aliphatic rings. The second kappa shape index (κ2) is 10.3. The summed E-state index contributed by atoms with van der Waals surface area (Å²) >= 11 is 0. The van der Waals surface area contributed by atoms with Crippen molar-refractivity contribution in [2.45, 2.75) is 57.1 Å². The molecule has 33 heavy (non-hydrogen) atoms. The van der Waals surface area contributed by atoms with E-state index in [2.05, 4.69) is 5.32 Å². The van der Waals surface area contributed by atoms with Gasteiger partial charge in [0.15, 0.2) is 11.9 Å². The molecule has 2 atom stereocenters. The van der Waals surface area contributed by atoms with Gasteiger partial charge in [0.1, 0.15) is 0 Å². The minimum Gasteiger partial charge on any atom is -0.474 e. The molecule has 0 spiro atoms. The molecular formula is C23H29N3O6S. The number of hydrogen-bond donors (Lipinski definition) is 1. The first-order valence-corrected chi connectivity index (χ1v) is 12.5. The van der Waals surface area contributed by atoms with E-state index in [0.717, 1.165) is 30.9 Å². The van der Waals surface area contributed by atoms with Crippen molar-refractivity contribution in [3.05, 3.63) is 63.7 Å². The van der Waals surface area contributed by atoms with Crippen LogP contribution in [0.15, 0.2) is 47.4 Å². The zero-order valence-corrected chi connectivity index (χ0v) is 19.8. The van der Waals surface area contributed by atoms with Crippen LogP contribution in [0, 0.1) is 10.1 Å². The van der Waals surface area contributed by atoms with Gasteiger partial charge in [-0.05, 0) is 49.4 Å². The molecule has 178 valence electrons. The molecule has 0 bridgehead atoms. The molecule has 1 N–H and O–H groups in total. The molecule has 0 aliphatic heterocycles. The Labute approximate surface area is 193 Å². The minimum atomic E-state index is -3.87. The summed E-state index contributed by atoms with van der Waals surface area (Å²) < 4.78 is 32.3. The van der Waals surface area contributed by atoms with Crippen LogP contribution in [0.3, 0.4) is 0 Å². The summed E-state index contributed by atoms with van der Waals surface area (Å²) in [4.78, 5) is 23.5. The van der Waals surface area contributed by atoms with Crippen molar-refractivity contribution in [3.63, 3.8) is 0 Å². The van der Waals surface area contributed by atoms with Crippen molar-refractivity contribution in [2.24, 2.45) is 0 Å². The molecule has 1 aliphatic carbocycles. The molecule has 1 amide bonds. The van der Waals surface area contributed by atoms with Crippen molar-refractivity contribution in [1.82, 2.24) is 9.62 Å². The largest absolute Gasteiger partial charge is 0.474 e. The van der Waals surface area contributed by atoms with Gasteiger partial charge < -0.3 is 10.1 Å². The number of nitrogens with zero attached hydrogens (tertiary/aromatic N) is 2. The van der Waals surface area contributed by atoms with Gasteiger partial charge in [0.2, 0.25) is 10.0 Å². The van der Waals surface area contributed by atoms with Gasteiger partial charge in [0.05, 0.1) is 15.9 Å². The van der Waals surface area contributed by atoms with Crippen molar-refractivity contribution in [1.29, 1.82) is 0 Å². The number of aryl methyl sites for hydroxylation is 1. The molecule has 3 rings (SSSR count). The number of ether oxygens (including phenoxy) is 1. The molecule has 0 heterocycles. The number of amides is 1. The lowest BCUT2D eigenvalue weighted by Crippen LogP contribution is -2.39. The summed E-state index contributed by atoms with van der Waals surface area (Å²) in [5, 5.41) is 14.6. The molecule has 0 radical (unpaired) electrons. The first-order valence-electron chi connectivity index (χ1n) is 11.0. The fraction of sp³-hybridized carbons (Fsp3) is 0.435. The average molecular weight is 476 g/mol. The van der Waals surface area contributed by atoms with Gasteiger partial charge in [-0.1, -0.05) is 38.1 Å². The predicted molar refractivity (Wildman–Crippen MR) is 124 cm³/mol. The van der Waals surface area contributed by atoms with Crippen molar-refractivity contribution >= 4 is 21.6 Å². The van der Waals surface area contributed by atoms with E-state index in [1.165, 1.54) is 28.9 Å². The maximum absolute atomic E-state index is 12.8. The molecule has 2 unspecified atom stereocenters. The highest BCUT2D eigenvalue weighted by Gasteiger charge is 2.29. The zero-order chi connectivity index (χ0) is 24.2. The zero-order valence-electron chi connectivity index (χ0n) is 19.0. The minimum absolute atomic E-state index is 0.148. The van der Waals surface area contributed by atoms with Gasteiger partial charge >= 0.3 is 5.69 Å². The summed E-state index contributed by atoms with van der Waals surface area (Å²) in [5.74, 6) is -0.559. The molecule has 2 aromatic rings. The Morgan fingerprint density at radius 3 is 2.61 bits per heavy atom. The number of carbonyl (C=O) groups excluding carboxylic acids is 1. The van der Waals surface area contributed by atoms with Gasteiger partial charge in [-0.25, -0.2) is 8.42 Å². The Morgan fingerprint density at radius 1 is 1.24 bits per heavy atom. The Bertz CT molecular complexity index is 1130. The highest BCUT2D eigenvalue weighted by Crippen LogP contribution is 2.32. The smallest absolute Gasteiger partial charge is 0.312 e. The number of nitro benzene ring substituents is 1. The number of fused-ring (bicyclic) bond motifs is 1. The summed E-state index contributed by atoms with van der Waals surface area (Å²) in [6.45, 7) is 5.38. The van der Waals surface area contributed by atoms with Gasteiger partial charge in [0, 0.05) is 19.2 Å². The number of nitro groups is 1. The van der Waals surface area contributed by atoms with Gasteiger partial charge in [0.25, 0.3) is 5.91 Å². The van der Waals surface area contributed by atoms with E-state index >= 15 is 0 Å². The van der Waals surface area contributed by atoms with Crippen molar-refractivity contribution in [2.75, 3.05) is 13.1 Å². The molecular weight excluding hydrogens is 446 g/mol. The monoisotopic (exact) mass is 475 g/mol. The SMILES string of the molecule is CCN(CC)S(=O)(=O)c1ccc(OC(C)C(=O)NC2CCCc3ccccc32)c([N+](=O)[O-])c1. The predicted octanol–water partition coefficient (Wildman–Crippen LogP) is 3.59. The number of nitrogens with one attached hydrogen (secondary N) is 1. The van der Waals surface area contributed by atoms with Crippen molar-refractivity contribution < 1.29 is 22.9 Å². The second-order valence-corrected chi connectivity index (χ2v) is 9.83. The van der Waals surface area contributed by atoms with Crippen LogP contribution in [0.1, 0.15) is 50.8 Å². The molecule has 0 fully saturated rings. The van der Waals surface area contributed by atoms with E-state index < -0.39 is 32.6 Å². The lowest BCUT2D eigenvalue weighted by atomic mass is 9.87. The maximum atomic E-state index is 12.8. The first kappa shape index (κ1) is 24.7. The van der Waals surface area contributed by atoms with E-state index in [0.29, 0.717) is 0 Å². The van der Waals surface area contributed by atoms with Gasteiger partial charge in [-0.15, -0.1) is 0 Å². The third kappa shape index (κ3) is 5.33. The van der Waals surface area contributed by atoms with Crippen LogP contribution in [0.2, 0.25) is 0 Å². The number of hydrogen-bond acceptors (Lipinski definition) is 6. The fourth-order valence-electron chi connectivity index (χ4n) is 4.05. The molecule has 2 aromatic carbocycles. The van der Waals surface area contributed by atoms with Crippen LogP contribution < -0.4 is 10.1 Å². The topological polar surface area (TPSA) is 119 Å². The number of sulfonamides is 1. The lowest BCUT2D eigenvalue weighted by molar-refractivity contribution is -0.386. The highest BCUT2D eigenvalue weighted by molar-refractivity contribution is 7.89. The van der Waals surface area contributed by atoms with Crippen LogP contribution in [-0.2, 0) is 21.2 Å². The standard InChI is InChI=1S/C23H29N3O6S/c1-4-25(5-2)33(30,31)18-13-14-22(21(15-18)26(28)29)32-16(3)23(27)24-20-12-8-10-17-9-6-7-11-19(17)20/h6-7,9,11,13-16,20H,4-5,8,10,12H2,1-3H3,(H,24,27). The molecule has 10 heteroatoms. The van der Waals surface area contributed by atoms with Crippen molar-refractivity contribution in [3.8, 4) is 5.75 Å². The van der Waals surface area contributed by atoms with Crippen LogP contribution in [-0.4, -0.2) is 42.7 Å². The highest BCUT2D eigenvalue weighted by atomic mass is 32.2. The third-order valence-corrected chi connectivity index (χ3v) is 7.88. The number of benzene rings is 2. The summed E-state index contributed by atoms with van der Waals surface area (Å²) in [6.07, 6.45) is 1.70. The van der Waals surface area contributed by atoms with E-state index in [1.807, 2.05) is 24.3 Å². The second-order valence-electron chi connectivity index (χ2n) is 7.89. The summed E-state index contributed by atoms with van der Waals surface area (Å²) in [5.41, 5.74) is 1.76. The van der Waals surface area contributed by atoms with E-state index in [4.69, 9.17) is 4.74 Å². The fourth-order valence-corrected chi connectivity index (χ4v) is 5.53. The lowest BCUT2D eigenvalue weighted by Gasteiger charge is -2.27. The summed E-state index contributed by atoms with van der Waals surface area (Å²) in [6, 6.07) is 11.3. The van der Waals surface area contributed by atoms with Gasteiger partial charge in [-0.2, -0.15) is 4.31 Å². The van der Waals surface area contributed by atoms with E-state index in [1.54, 1.807) is 13.8 Å². The molecule has 0 aromatic heterocycles. The van der Waals surface area contributed by atoms with Crippen LogP contribution in [0.4, 0.5) is 5.69 Å². The Hall–Kier alpha value is -2.98. The third-order valence-electron chi connectivity index (χ3n) is 5.83. The van der Waals surface area contributed by atoms with Crippen LogP contribution in [0.5, 0.6) is 5.75 Å². The Balaban J connectivity index is 1.79. The number of carbonyl (C=O) groups is 1.